The first kappa shape index (κ1) is 15.8. The summed E-state index contributed by atoms with van der Waals surface area (Å²) in [5, 5.41) is 8.17. The third-order valence-corrected chi connectivity index (χ3v) is 4.07. The molecule has 1 amide bonds. The SMILES string of the molecule is Cn1cc(-c2ccc3c(=O)[nH]c(NC(=O)c4ccncc4)cc3c2)cn1. The molecule has 2 N–H and O–H groups in total. The van der Waals surface area contributed by atoms with Crippen LogP contribution in [0.5, 0.6) is 0 Å². The quantitative estimate of drug-likeness (QED) is 0.597. The van der Waals surface area contributed by atoms with E-state index in [1.807, 2.05) is 25.4 Å². The average molecular weight is 345 g/mol. The summed E-state index contributed by atoms with van der Waals surface area (Å²) in [4.78, 5) is 31.2. The molecule has 0 saturated carbocycles. The van der Waals surface area contributed by atoms with Gasteiger partial charge in [0, 0.05) is 42.2 Å². The van der Waals surface area contributed by atoms with E-state index in [9.17, 15) is 9.59 Å². The second-order valence-corrected chi connectivity index (χ2v) is 5.91. The van der Waals surface area contributed by atoms with Crippen LogP contribution < -0.4 is 10.9 Å². The summed E-state index contributed by atoms with van der Waals surface area (Å²) < 4.78 is 1.72. The molecule has 0 saturated heterocycles. The second kappa shape index (κ2) is 6.29. The zero-order valence-corrected chi connectivity index (χ0v) is 13.9. The molecule has 0 aliphatic heterocycles. The first-order valence-corrected chi connectivity index (χ1v) is 7.98. The number of pyridine rings is 2. The van der Waals surface area contributed by atoms with Gasteiger partial charge in [0.25, 0.3) is 11.5 Å². The van der Waals surface area contributed by atoms with Gasteiger partial charge in [0.2, 0.25) is 0 Å². The van der Waals surface area contributed by atoms with Crippen molar-refractivity contribution in [1.82, 2.24) is 19.7 Å². The van der Waals surface area contributed by atoms with Crippen molar-refractivity contribution in [1.29, 1.82) is 0 Å². The zero-order chi connectivity index (χ0) is 18.1. The van der Waals surface area contributed by atoms with Crippen molar-refractivity contribution in [2.75, 3.05) is 5.32 Å². The number of anilines is 1. The normalized spacial score (nSPS) is 10.8. The number of aromatic nitrogens is 4. The largest absolute Gasteiger partial charge is 0.308 e. The van der Waals surface area contributed by atoms with Gasteiger partial charge >= 0.3 is 0 Å². The van der Waals surface area contributed by atoms with E-state index in [1.165, 1.54) is 12.4 Å². The van der Waals surface area contributed by atoms with Crippen molar-refractivity contribution in [3.8, 4) is 11.1 Å². The Balaban J connectivity index is 1.72. The number of hydrogen-bond acceptors (Lipinski definition) is 4. The Bertz CT molecular complexity index is 1160. The molecule has 0 radical (unpaired) electrons. The Morgan fingerprint density at radius 2 is 1.92 bits per heavy atom. The first-order chi connectivity index (χ1) is 12.6. The minimum Gasteiger partial charge on any atom is -0.308 e. The standard InChI is InChI=1S/C19H15N5O2/c1-24-11-15(10-21-24)13-2-3-16-14(8-13)9-17(23-19(16)26)22-18(25)12-4-6-20-7-5-12/h2-11H,1H3,(H2,22,23,25,26). The first-order valence-electron chi connectivity index (χ1n) is 7.98. The van der Waals surface area contributed by atoms with Crippen LogP contribution in [0.25, 0.3) is 21.9 Å². The predicted octanol–water partition coefficient (Wildman–Crippen LogP) is 2.58. The number of aromatic amines is 1. The average Bonchev–Trinajstić information content (AvgIpc) is 3.08. The summed E-state index contributed by atoms with van der Waals surface area (Å²) in [6, 6.07) is 10.5. The number of hydrogen-bond donors (Lipinski definition) is 2. The lowest BCUT2D eigenvalue weighted by Gasteiger charge is -2.07. The number of nitrogens with one attached hydrogen (secondary N) is 2. The smallest absolute Gasteiger partial charge is 0.257 e. The number of carbonyl (C=O) groups excluding carboxylic acids is 1. The van der Waals surface area contributed by atoms with Gasteiger partial charge in [-0.3, -0.25) is 19.3 Å². The maximum Gasteiger partial charge on any atom is 0.257 e. The Morgan fingerprint density at radius 3 is 2.65 bits per heavy atom. The third kappa shape index (κ3) is 2.98. The fourth-order valence-electron chi connectivity index (χ4n) is 2.79. The van der Waals surface area contributed by atoms with Crippen LogP contribution in [0.3, 0.4) is 0 Å². The third-order valence-electron chi connectivity index (χ3n) is 4.07. The monoisotopic (exact) mass is 345 g/mol. The van der Waals surface area contributed by atoms with E-state index in [2.05, 4.69) is 20.4 Å². The summed E-state index contributed by atoms with van der Waals surface area (Å²) in [7, 11) is 1.85. The highest BCUT2D eigenvalue weighted by molar-refractivity contribution is 6.04. The molecule has 3 aromatic heterocycles. The van der Waals surface area contributed by atoms with E-state index in [-0.39, 0.29) is 11.5 Å². The molecular weight excluding hydrogens is 330 g/mol. The molecule has 0 atom stereocenters. The van der Waals surface area contributed by atoms with Gasteiger partial charge in [-0.05, 0) is 41.3 Å². The lowest BCUT2D eigenvalue weighted by molar-refractivity contribution is 0.102. The second-order valence-electron chi connectivity index (χ2n) is 5.91. The number of H-pyrrole nitrogens is 1. The molecule has 1 aromatic carbocycles. The van der Waals surface area contributed by atoms with Crippen LogP contribution in [-0.2, 0) is 7.05 Å². The number of rotatable bonds is 3. The lowest BCUT2D eigenvalue weighted by Crippen LogP contribution is -2.16. The molecule has 0 bridgehead atoms. The molecule has 3 heterocycles. The van der Waals surface area contributed by atoms with E-state index < -0.39 is 0 Å². The molecule has 0 unspecified atom stereocenters. The number of nitrogens with zero attached hydrogens (tertiary/aromatic N) is 3. The number of benzene rings is 1. The molecule has 128 valence electrons. The Kier molecular flexibility index (Phi) is 3.81. The van der Waals surface area contributed by atoms with Crippen LogP contribution in [0.2, 0.25) is 0 Å². The molecule has 7 nitrogen and oxygen atoms in total. The summed E-state index contributed by atoms with van der Waals surface area (Å²) in [6.45, 7) is 0. The maximum atomic E-state index is 12.3. The highest BCUT2D eigenvalue weighted by Crippen LogP contribution is 2.23. The maximum absolute atomic E-state index is 12.3. The van der Waals surface area contributed by atoms with Crippen molar-refractivity contribution >= 4 is 22.5 Å². The van der Waals surface area contributed by atoms with Crippen molar-refractivity contribution in [3.63, 3.8) is 0 Å². The van der Waals surface area contributed by atoms with Gasteiger partial charge in [0.1, 0.15) is 5.82 Å². The van der Waals surface area contributed by atoms with Crippen LogP contribution >= 0.6 is 0 Å². The molecule has 0 fully saturated rings. The summed E-state index contributed by atoms with van der Waals surface area (Å²) in [6.07, 6.45) is 6.75. The lowest BCUT2D eigenvalue weighted by atomic mass is 10.0. The fourth-order valence-corrected chi connectivity index (χ4v) is 2.79. The molecule has 0 spiro atoms. The number of amides is 1. The number of carbonyl (C=O) groups is 1. The van der Waals surface area contributed by atoms with E-state index >= 15 is 0 Å². The van der Waals surface area contributed by atoms with Gasteiger partial charge in [0.05, 0.1) is 6.20 Å². The minimum atomic E-state index is -0.314. The molecular formula is C19H15N5O2. The van der Waals surface area contributed by atoms with Gasteiger partial charge in [0.15, 0.2) is 0 Å². The van der Waals surface area contributed by atoms with Gasteiger partial charge in [-0.1, -0.05) is 6.07 Å². The van der Waals surface area contributed by atoms with Gasteiger partial charge in [-0.15, -0.1) is 0 Å². The number of aryl methyl sites for hydroxylation is 1. The predicted molar refractivity (Wildman–Crippen MR) is 99.0 cm³/mol. The highest BCUT2D eigenvalue weighted by Gasteiger charge is 2.09. The Labute approximate surface area is 148 Å². The van der Waals surface area contributed by atoms with E-state index in [0.29, 0.717) is 16.8 Å². The van der Waals surface area contributed by atoms with Crippen molar-refractivity contribution in [2.45, 2.75) is 0 Å². The Hall–Kier alpha value is -3.74. The fraction of sp³-hybridized carbons (Fsp3) is 0.0526. The molecule has 0 aliphatic rings. The summed E-state index contributed by atoms with van der Waals surface area (Å²) in [5.41, 5.74) is 2.11. The summed E-state index contributed by atoms with van der Waals surface area (Å²) in [5.74, 6) is 0.0264. The van der Waals surface area contributed by atoms with Crippen LogP contribution in [0.15, 0.2) is 66.0 Å². The topological polar surface area (TPSA) is 92.7 Å². The van der Waals surface area contributed by atoms with Crippen molar-refractivity contribution < 1.29 is 4.79 Å². The van der Waals surface area contributed by atoms with Crippen LogP contribution in [0, 0.1) is 0 Å². The van der Waals surface area contributed by atoms with E-state index in [0.717, 1.165) is 16.5 Å². The van der Waals surface area contributed by atoms with Gasteiger partial charge in [-0.2, -0.15) is 5.10 Å². The van der Waals surface area contributed by atoms with Crippen LogP contribution in [-0.4, -0.2) is 25.7 Å². The minimum absolute atomic E-state index is 0.259. The van der Waals surface area contributed by atoms with Crippen LogP contribution in [0.4, 0.5) is 5.82 Å². The van der Waals surface area contributed by atoms with Crippen molar-refractivity contribution in [2.24, 2.45) is 7.05 Å². The molecule has 0 aliphatic carbocycles. The van der Waals surface area contributed by atoms with Gasteiger partial charge in [-0.25, -0.2) is 0 Å². The van der Waals surface area contributed by atoms with E-state index in [1.54, 1.807) is 35.1 Å². The molecule has 7 heteroatoms. The Morgan fingerprint density at radius 1 is 1.12 bits per heavy atom. The highest BCUT2D eigenvalue weighted by atomic mass is 16.2. The van der Waals surface area contributed by atoms with Crippen molar-refractivity contribution in [3.05, 3.63) is 77.1 Å². The molecule has 4 rings (SSSR count). The van der Waals surface area contributed by atoms with Gasteiger partial charge < -0.3 is 10.3 Å². The van der Waals surface area contributed by atoms with Crippen LogP contribution in [0.1, 0.15) is 10.4 Å². The molecule has 4 aromatic rings. The van der Waals surface area contributed by atoms with E-state index in [4.69, 9.17) is 0 Å². The summed E-state index contributed by atoms with van der Waals surface area (Å²) >= 11 is 0. The zero-order valence-electron chi connectivity index (χ0n) is 13.9. The molecule has 26 heavy (non-hydrogen) atoms. The number of fused-ring (bicyclic) bond motifs is 1.